The predicted octanol–water partition coefficient (Wildman–Crippen LogP) is 6.44. The van der Waals surface area contributed by atoms with Gasteiger partial charge in [-0.05, 0) is 92.2 Å². The van der Waals surface area contributed by atoms with E-state index in [9.17, 15) is 19.2 Å². The number of rotatable bonds is 9. The van der Waals surface area contributed by atoms with E-state index in [1.165, 1.54) is 19.8 Å². The highest BCUT2D eigenvalue weighted by molar-refractivity contribution is 5.87. The number of hydrogen-bond acceptors (Lipinski definition) is 8. The van der Waals surface area contributed by atoms with Crippen molar-refractivity contribution in [3.63, 3.8) is 0 Å². The Bertz CT molecular complexity index is 2250. The zero-order valence-corrected chi connectivity index (χ0v) is 34.7. The first-order valence-electron chi connectivity index (χ1n) is 20.6. The van der Waals surface area contributed by atoms with Crippen LogP contribution in [0.1, 0.15) is 106 Å². The van der Waals surface area contributed by atoms with E-state index in [1.807, 2.05) is 62.9 Å². The smallest absolute Gasteiger partial charge is 0.407 e. The molecule has 4 amide bonds. The number of H-pyrrole nitrogens is 2. The number of nitrogens with zero attached hydrogens (tertiary/aromatic N) is 4. The number of aryl methyl sites for hydroxylation is 2. The molecule has 2 unspecified atom stereocenters. The first kappa shape index (κ1) is 41.1. The molecule has 2 saturated heterocycles. The Morgan fingerprint density at radius 1 is 0.746 bits per heavy atom. The fourth-order valence-electron chi connectivity index (χ4n) is 8.47. The standard InChI is InChI=1S/C45H54N8O6/c1-26(2)37(50-44(56)58-5)42(54)52-22-8-12-35(52)40-46-25-34(48-40)30-19-16-28(17-20-30)14-15-29-18-21-32-31(24-29)10-7-11-33-39(32)49-41(47-33)36-13-9-23-53(36)43(55)38(27(3)4)51-45(57)59-6/h16-21,24-27,35-38H,7-13,22-23H2,1-6H3,(H,46,48)(H,47,49)(H,50,56)(H,51,57)/t35?,36?,37-,38-/m0/s1. The molecular weight excluding hydrogens is 749 g/mol. The largest absolute Gasteiger partial charge is 0.453 e. The zero-order chi connectivity index (χ0) is 41.8. The minimum atomic E-state index is -0.689. The SMILES string of the molecule is COC(=O)N[C@H](C(=O)N1CCCC1c1ncc(-c2ccc(C#Cc3ccc4c(c3)CCCc3[nH]c(C5CCCN5C(=O)[C@@H](NC(=O)OC)C(C)C)nc3-4)cc2)[nH]1)C(C)C. The molecule has 4 aromatic rings. The molecule has 14 nitrogen and oxygen atoms in total. The van der Waals surface area contributed by atoms with Crippen molar-refractivity contribution in [1.82, 2.24) is 40.4 Å². The lowest BCUT2D eigenvalue weighted by Gasteiger charge is -2.30. The second-order valence-corrected chi connectivity index (χ2v) is 16.3. The van der Waals surface area contributed by atoms with Crippen molar-refractivity contribution in [3.8, 4) is 34.4 Å². The van der Waals surface area contributed by atoms with E-state index in [1.54, 1.807) is 11.1 Å². The highest BCUT2D eigenvalue weighted by Gasteiger charge is 2.39. The predicted molar refractivity (Wildman–Crippen MR) is 222 cm³/mol. The lowest BCUT2D eigenvalue weighted by molar-refractivity contribution is -0.136. The van der Waals surface area contributed by atoms with Gasteiger partial charge in [-0.3, -0.25) is 9.59 Å². The van der Waals surface area contributed by atoms with Crippen molar-refractivity contribution in [1.29, 1.82) is 0 Å². The van der Waals surface area contributed by atoms with E-state index in [0.717, 1.165) is 95.9 Å². The van der Waals surface area contributed by atoms with Gasteiger partial charge in [0.2, 0.25) is 11.8 Å². The van der Waals surface area contributed by atoms with Crippen LogP contribution in [-0.2, 0) is 31.9 Å². The van der Waals surface area contributed by atoms with E-state index in [4.69, 9.17) is 14.5 Å². The maximum atomic E-state index is 13.7. The fraction of sp³-hybridized carbons (Fsp3) is 0.467. The van der Waals surface area contributed by atoms with Gasteiger partial charge < -0.3 is 39.9 Å². The average Bonchev–Trinajstić information content (AvgIpc) is 4.07. The number of amides is 4. The van der Waals surface area contributed by atoms with Crippen LogP contribution in [0.25, 0.3) is 22.5 Å². The van der Waals surface area contributed by atoms with Gasteiger partial charge in [-0.25, -0.2) is 19.6 Å². The average molecular weight is 803 g/mol. The molecule has 1 aliphatic carbocycles. The van der Waals surface area contributed by atoms with Gasteiger partial charge in [0.15, 0.2) is 0 Å². The Balaban J connectivity index is 1.03. The summed E-state index contributed by atoms with van der Waals surface area (Å²) in [6.07, 6.45) is 6.56. The number of benzene rings is 2. The van der Waals surface area contributed by atoms with Crippen LogP contribution < -0.4 is 10.6 Å². The fourth-order valence-corrected chi connectivity index (χ4v) is 8.47. The number of nitrogens with one attached hydrogen (secondary N) is 4. The van der Waals surface area contributed by atoms with Gasteiger partial charge in [-0.2, -0.15) is 0 Å². The maximum absolute atomic E-state index is 13.7. The van der Waals surface area contributed by atoms with Gasteiger partial charge >= 0.3 is 12.2 Å². The molecule has 0 bridgehead atoms. The monoisotopic (exact) mass is 802 g/mol. The van der Waals surface area contributed by atoms with Gasteiger partial charge in [-0.1, -0.05) is 57.7 Å². The molecule has 2 aromatic carbocycles. The van der Waals surface area contributed by atoms with E-state index < -0.39 is 24.3 Å². The lowest BCUT2D eigenvalue weighted by Crippen LogP contribution is -2.51. The molecule has 4 N–H and O–H groups in total. The van der Waals surface area contributed by atoms with Gasteiger partial charge in [-0.15, -0.1) is 0 Å². The van der Waals surface area contributed by atoms with E-state index in [2.05, 4.69) is 49.6 Å². The molecule has 310 valence electrons. The molecule has 4 atom stereocenters. The molecule has 4 heterocycles. The van der Waals surface area contributed by atoms with Crippen molar-refractivity contribution >= 4 is 24.0 Å². The topological polar surface area (TPSA) is 175 Å². The van der Waals surface area contributed by atoms with Gasteiger partial charge in [0, 0.05) is 35.5 Å². The molecule has 2 aromatic heterocycles. The number of aromatic amines is 2. The van der Waals surface area contributed by atoms with E-state index >= 15 is 0 Å². The summed E-state index contributed by atoms with van der Waals surface area (Å²) < 4.78 is 9.55. The minimum Gasteiger partial charge on any atom is -0.453 e. The molecule has 59 heavy (non-hydrogen) atoms. The summed E-state index contributed by atoms with van der Waals surface area (Å²) >= 11 is 0. The second-order valence-electron chi connectivity index (χ2n) is 16.3. The minimum absolute atomic E-state index is 0.103. The first-order valence-corrected chi connectivity index (χ1v) is 20.6. The van der Waals surface area contributed by atoms with Crippen LogP contribution in [0.3, 0.4) is 0 Å². The Kier molecular flexibility index (Phi) is 12.4. The number of likely N-dealkylation sites (tertiary alicyclic amines) is 2. The Labute approximate surface area is 345 Å². The molecule has 14 heteroatoms. The van der Waals surface area contributed by atoms with Crippen LogP contribution in [0.5, 0.6) is 0 Å². The molecule has 0 saturated carbocycles. The van der Waals surface area contributed by atoms with Crippen molar-refractivity contribution in [2.45, 2.75) is 96.8 Å². The number of fused-ring (bicyclic) bond motifs is 3. The number of carbonyl (C=O) groups is 4. The molecule has 3 aliphatic rings. The number of methoxy groups -OCH3 is 2. The van der Waals surface area contributed by atoms with Crippen LogP contribution in [0.2, 0.25) is 0 Å². The third kappa shape index (κ3) is 8.84. The summed E-state index contributed by atoms with van der Waals surface area (Å²) in [6, 6.07) is 12.5. The first-order chi connectivity index (χ1) is 28.4. The van der Waals surface area contributed by atoms with Crippen LogP contribution in [0, 0.1) is 23.7 Å². The number of carbonyl (C=O) groups excluding carboxylic acids is 4. The highest BCUT2D eigenvalue weighted by atomic mass is 16.5. The second kappa shape index (κ2) is 17.8. The van der Waals surface area contributed by atoms with Gasteiger partial charge in [0.25, 0.3) is 0 Å². The number of aromatic nitrogens is 4. The maximum Gasteiger partial charge on any atom is 0.407 e. The van der Waals surface area contributed by atoms with Gasteiger partial charge in [0.1, 0.15) is 23.7 Å². The van der Waals surface area contributed by atoms with Crippen molar-refractivity contribution in [2.75, 3.05) is 27.3 Å². The summed E-state index contributed by atoms with van der Waals surface area (Å²) in [4.78, 5) is 71.7. The van der Waals surface area contributed by atoms with E-state index in [0.29, 0.717) is 13.1 Å². The molecule has 2 aliphatic heterocycles. The Hall–Kier alpha value is -6.10. The Morgan fingerprint density at radius 2 is 1.32 bits per heavy atom. The van der Waals surface area contributed by atoms with Crippen LogP contribution >= 0.6 is 0 Å². The summed E-state index contributed by atoms with van der Waals surface area (Å²) in [5.41, 5.74) is 7.90. The molecule has 2 fully saturated rings. The summed E-state index contributed by atoms with van der Waals surface area (Å²) in [5.74, 6) is 7.71. The summed E-state index contributed by atoms with van der Waals surface area (Å²) in [5, 5.41) is 5.42. The van der Waals surface area contributed by atoms with Crippen LogP contribution in [0.15, 0.2) is 48.7 Å². The van der Waals surface area contributed by atoms with Crippen molar-refractivity contribution in [2.24, 2.45) is 11.8 Å². The normalized spacial score (nSPS) is 18.3. The third-order valence-electron chi connectivity index (χ3n) is 11.7. The Morgan fingerprint density at radius 3 is 1.92 bits per heavy atom. The summed E-state index contributed by atoms with van der Waals surface area (Å²) in [6.45, 7) is 8.83. The van der Waals surface area contributed by atoms with E-state index in [-0.39, 0.29) is 35.7 Å². The lowest BCUT2D eigenvalue weighted by atomic mass is 9.99. The number of alkyl carbamates (subject to hydrolysis) is 2. The molecule has 0 spiro atoms. The molecular formula is C45H54N8O6. The molecule has 0 radical (unpaired) electrons. The number of imidazole rings is 2. The molecule has 7 rings (SSSR count). The zero-order valence-electron chi connectivity index (χ0n) is 34.7. The third-order valence-corrected chi connectivity index (χ3v) is 11.7. The highest BCUT2D eigenvalue weighted by Crippen LogP contribution is 2.37. The number of ether oxygens (including phenoxy) is 2. The van der Waals surface area contributed by atoms with Crippen molar-refractivity contribution in [3.05, 3.63) is 82.7 Å². The van der Waals surface area contributed by atoms with Crippen LogP contribution in [0.4, 0.5) is 9.59 Å². The quantitative estimate of drug-likeness (QED) is 0.140. The van der Waals surface area contributed by atoms with Gasteiger partial charge in [0.05, 0.1) is 43.9 Å². The van der Waals surface area contributed by atoms with Crippen LogP contribution in [-0.4, -0.2) is 93.1 Å². The summed E-state index contributed by atoms with van der Waals surface area (Å²) in [7, 11) is 2.59. The number of hydrogen-bond donors (Lipinski definition) is 4. The van der Waals surface area contributed by atoms with Crippen molar-refractivity contribution < 1.29 is 28.7 Å².